The molecule has 1 aliphatic heterocycles. The fourth-order valence-corrected chi connectivity index (χ4v) is 3.58. The molecule has 2 aromatic carbocycles. The molecule has 1 aliphatic rings. The summed E-state index contributed by atoms with van der Waals surface area (Å²) in [6, 6.07) is 14.5. The van der Waals surface area contributed by atoms with Crippen LogP contribution in [0.15, 0.2) is 54.6 Å². The van der Waals surface area contributed by atoms with Crippen molar-refractivity contribution in [2.75, 3.05) is 20.3 Å². The van der Waals surface area contributed by atoms with Crippen molar-refractivity contribution >= 4 is 29.8 Å². The molecule has 1 atom stereocenters. The zero-order chi connectivity index (χ0) is 24.7. The van der Waals surface area contributed by atoms with E-state index in [-0.39, 0.29) is 6.54 Å². The Kier molecular flexibility index (Phi) is 7.62. The van der Waals surface area contributed by atoms with Crippen molar-refractivity contribution < 1.29 is 33.4 Å². The Labute approximate surface area is 196 Å². The molecule has 4 amide bonds. The second kappa shape index (κ2) is 10.6. The van der Waals surface area contributed by atoms with E-state index in [9.17, 15) is 24.0 Å². The number of rotatable bonds is 9. The number of methoxy groups -OCH3 is 1. The molecule has 1 saturated heterocycles. The number of amides is 4. The smallest absolute Gasteiger partial charge is 0.337 e. The maximum Gasteiger partial charge on any atom is 0.337 e. The van der Waals surface area contributed by atoms with E-state index in [0.29, 0.717) is 17.5 Å². The third kappa shape index (κ3) is 5.22. The van der Waals surface area contributed by atoms with Crippen molar-refractivity contribution in [2.24, 2.45) is 0 Å². The minimum atomic E-state index is -1.25. The van der Waals surface area contributed by atoms with Crippen LogP contribution in [0, 0.1) is 0 Å². The summed E-state index contributed by atoms with van der Waals surface area (Å²) in [4.78, 5) is 61.9. The van der Waals surface area contributed by atoms with Gasteiger partial charge in [-0.25, -0.2) is 9.59 Å². The lowest BCUT2D eigenvalue weighted by Gasteiger charge is -2.25. The molecule has 2 aromatic rings. The zero-order valence-electron chi connectivity index (χ0n) is 18.8. The van der Waals surface area contributed by atoms with Crippen molar-refractivity contribution in [3.63, 3.8) is 0 Å². The van der Waals surface area contributed by atoms with Gasteiger partial charge in [0.05, 0.1) is 12.7 Å². The number of carbonyl (C=O) groups excluding carboxylic acids is 5. The van der Waals surface area contributed by atoms with E-state index in [1.165, 1.54) is 7.11 Å². The molecule has 1 unspecified atom stereocenters. The van der Waals surface area contributed by atoms with Gasteiger partial charge in [-0.05, 0) is 29.7 Å². The van der Waals surface area contributed by atoms with Crippen LogP contribution in [0.3, 0.4) is 0 Å². The van der Waals surface area contributed by atoms with E-state index >= 15 is 0 Å². The van der Waals surface area contributed by atoms with Crippen LogP contribution in [0.2, 0.25) is 0 Å². The lowest BCUT2D eigenvalue weighted by atomic mass is 9.87. The monoisotopic (exact) mass is 467 g/mol. The second-order valence-corrected chi connectivity index (χ2v) is 7.57. The molecule has 1 heterocycles. The summed E-state index contributed by atoms with van der Waals surface area (Å²) in [6.07, 6.45) is 0.302. The number of esters is 2. The van der Waals surface area contributed by atoms with Gasteiger partial charge in [0.25, 0.3) is 11.8 Å². The maximum absolute atomic E-state index is 13.0. The summed E-state index contributed by atoms with van der Waals surface area (Å²) < 4.78 is 9.56. The van der Waals surface area contributed by atoms with Crippen LogP contribution in [0.25, 0.3) is 0 Å². The van der Waals surface area contributed by atoms with Gasteiger partial charge in [0.2, 0.25) is 0 Å². The average Bonchev–Trinajstić information content (AvgIpc) is 3.11. The number of nitrogens with zero attached hydrogens (tertiary/aromatic N) is 1. The highest BCUT2D eigenvalue weighted by Crippen LogP contribution is 2.32. The minimum Gasteiger partial charge on any atom is -0.465 e. The van der Waals surface area contributed by atoms with Gasteiger partial charge in [0.15, 0.2) is 6.61 Å². The van der Waals surface area contributed by atoms with Crippen LogP contribution in [-0.4, -0.2) is 54.9 Å². The number of benzene rings is 2. The highest BCUT2D eigenvalue weighted by Gasteiger charge is 2.51. The minimum absolute atomic E-state index is 0.154. The summed E-state index contributed by atoms with van der Waals surface area (Å²) in [6.45, 7) is 0.739. The molecule has 3 rings (SSSR count). The van der Waals surface area contributed by atoms with E-state index in [0.717, 1.165) is 10.5 Å². The summed E-state index contributed by atoms with van der Waals surface area (Å²) in [5.74, 6) is -2.47. The molecule has 0 bridgehead atoms. The number of imide groups is 1. The van der Waals surface area contributed by atoms with Crippen LogP contribution in [0.1, 0.15) is 34.8 Å². The number of carbonyl (C=O) groups is 5. The Balaban J connectivity index is 1.50. The van der Waals surface area contributed by atoms with Gasteiger partial charge >= 0.3 is 18.0 Å². The van der Waals surface area contributed by atoms with Gasteiger partial charge in [0, 0.05) is 6.54 Å². The third-order valence-corrected chi connectivity index (χ3v) is 5.49. The SMILES string of the molecule is CCC1(c2ccccc2)NC(=O)N(CC(=O)OCC(=O)NCc2ccc(C(=O)OC)cc2)C1=O. The molecule has 1 fully saturated rings. The van der Waals surface area contributed by atoms with Gasteiger partial charge in [-0.3, -0.25) is 19.3 Å². The highest BCUT2D eigenvalue weighted by atomic mass is 16.5. The molecular weight excluding hydrogens is 442 g/mol. The molecule has 34 heavy (non-hydrogen) atoms. The van der Waals surface area contributed by atoms with Crippen molar-refractivity contribution in [2.45, 2.75) is 25.4 Å². The van der Waals surface area contributed by atoms with Gasteiger partial charge in [-0.15, -0.1) is 0 Å². The average molecular weight is 467 g/mol. The van der Waals surface area contributed by atoms with Gasteiger partial charge < -0.3 is 20.1 Å². The summed E-state index contributed by atoms with van der Waals surface area (Å²) in [5.41, 5.74) is 0.472. The first-order valence-corrected chi connectivity index (χ1v) is 10.6. The van der Waals surface area contributed by atoms with E-state index in [1.807, 2.05) is 0 Å². The number of nitrogens with one attached hydrogen (secondary N) is 2. The zero-order valence-corrected chi connectivity index (χ0v) is 18.8. The summed E-state index contributed by atoms with van der Waals surface area (Å²) >= 11 is 0. The first kappa shape index (κ1) is 24.4. The standard InChI is InChI=1S/C24H25N3O7/c1-3-24(18-7-5-4-6-8-18)22(31)27(23(32)26-24)14-20(29)34-15-19(28)25-13-16-9-11-17(12-10-16)21(30)33-2/h4-12H,3,13-15H2,1-2H3,(H,25,28)(H,26,32). The Hall–Kier alpha value is -4.21. The Morgan fingerprint density at radius 3 is 2.32 bits per heavy atom. The topological polar surface area (TPSA) is 131 Å². The molecule has 0 saturated carbocycles. The number of urea groups is 1. The third-order valence-electron chi connectivity index (χ3n) is 5.49. The molecule has 178 valence electrons. The molecule has 0 aliphatic carbocycles. The predicted molar refractivity (Wildman–Crippen MR) is 119 cm³/mol. The molecule has 0 radical (unpaired) electrons. The van der Waals surface area contributed by atoms with Crippen LogP contribution < -0.4 is 10.6 Å². The Bertz CT molecular complexity index is 1090. The van der Waals surface area contributed by atoms with E-state index in [1.54, 1.807) is 61.5 Å². The van der Waals surface area contributed by atoms with Crippen molar-refractivity contribution in [1.82, 2.24) is 15.5 Å². The first-order chi connectivity index (χ1) is 16.3. The number of hydrogen-bond acceptors (Lipinski definition) is 7. The van der Waals surface area contributed by atoms with E-state index in [2.05, 4.69) is 15.4 Å². The fourth-order valence-electron chi connectivity index (χ4n) is 3.58. The molecular formula is C24H25N3O7. The van der Waals surface area contributed by atoms with Gasteiger partial charge in [-0.1, -0.05) is 49.4 Å². The Morgan fingerprint density at radius 2 is 1.71 bits per heavy atom. The van der Waals surface area contributed by atoms with Crippen molar-refractivity contribution in [3.05, 3.63) is 71.3 Å². The predicted octanol–water partition coefficient (Wildman–Crippen LogP) is 1.49. The maximum atomic E-state index is 13.0. The van der Waals surface area contributed by atoms with Gasteiger partial charge in [-0.2, -0.15) is 0 Å². The van der Waals surface area contributed by atoms with E-state index < -0.39 is 48.5 Å². The summed E-state index contributed by atoms with van der Waals surface area (Å²) in [5, 5.41) is 5.26. The highest BCUT2D eigenvalue weighted by molar-refractivity contribution is 6.09. The number of ether oxygens (including phenoxy) is 2. The quantitative estimate of drug-likeness (QED) is 0.422. The van der Waals surface area contributed by atoms with Crippen LogP contribution in [0.5, 0.6) is 0 Å². The second-order valence-electron chi connectivity index (χ2n) is 7.57. The Morgan fingerprint density at radius 1 is 1.03 bits per heavy atom. The van der Waals surface area contributed by atoms with Crippen molar-refractivity contribution in [3.8, 4) is 0 Å². The fraction of sp³-hybridized carbons (Fsp3) is 0.292. The van der Waals surface area contributed by atoms with Gasteiger partial charge in [0.1, 0.15) is 12.1 Å². The van der Waals surface area contributed by atoms with Crippen LogP contribution in [-0.2, 0) is 35.9 Å². The molecule has 0 aromatic heterocycles. The first-order valence-electron chi connectivity index (χ1n) is 10.6. The van der Waals surface area contributed by atoms with Crippen molar-refractivity contribution in [1.29, 1.82) is 0 Å². The lowest BCUT2D eigenvalue weighted by molar-refractivity contribution is -0.151. The van der Waals surface area contributed by atoms with Crippen LogP contribution >= 0.6 is 0 Å². The summed E-state index contributed by atoms with van der Waals surface area (Å²) in [7, 11) is 1.28. The molecule has 2 N–H and O–H groups in total. The van der Waals surface area contributed by atoms with Crippen LogP contribution in [0.4, 0.5) is 4.79 Å². The lowest BCUT2D eigenvalue weighted by Crippen LogP contribution is -2.44. The normalized spacial score (nSPS) is 17.2. The molecule has 10 heteroatoms. The number of hydrogen-bond donors (Lipinski definition) is 2. The largest absolute Gasteiger partial charge is 0.465 e. The molecule has 10 nitrogen and oxygen atoms in total. The van der Waals surface area contributed by atoms with E-state index in [4.69, 9.17) is 4.74 Å². The molecule has 0 spiro atoms.